The van der Waals surface area contributed by atoms with Gasteiger partial charge in [-0.2, -0.15) is 0 Å². The highest BCUT2D eigenvalue weighted by atomic mass is 35.5. The van der Waals surface area contributed by atoms with Crippen molar-refractivity contribution in [3.05, 3.63) is 21.7 Å². The molecule has 1 amide bonds. The fraction of sp³-hybridized carbons (Fsp3) is 0.333. The molecule has 1 aromatic carbocycles. The Morgan fingerprint density at radius 2 is 1.68 bits per heavy atom. The van der Waals surface area contributed by atoms with Crippen molar-refractivity contribution in [1.29, 1.82) is 0 Å². The second kappa shape index (κ2) is 5.27. The topological polar surface area (TPSA) is 86.6 Å². The van der Waals surface area contributed by atoms with Crippen LogP contribution in [0.5, 0.6) is 11.5 Å². The molecule has 5 nitrogen and oxygen atoms in total. The number of ketones is 1. The zero-order valence-corrected chi connectivity index (χ0v) is 12.1. The van der Waals surface area contributed by atoms with E-state index in [-0.39, 0.29) is 10.6 Å². The monoisotopic (exact) mass is 305 g/mol. The summed E-state index contributed by atoms with van der Waals surface area (Å²) in [4.78, 5) is 23.6. The van der Waals surface area contributed by atoms with Gasteiger partial charge in [-0.3, -0.25) is 9.59 Å². The van der Waals surface area contributed by atoms with Gasteiger partial charge in [0.1, 0.15) is 0 Å². The Labute approximate surface area is 120 Å². The number of hydrogen-bond donors (Lipinski definition) is 3. The van der Waals surface area contributed by atoms with Crippen LogP contribution in [0.4, 0.5) is 0 Å². The Morgan fingerprint density at radius 3 is 2.16 bits per heavy atom. The number of Topliss-reactive ketones (excluding diaryl/α,β-unsaturated/α-hetero) is 1. The first-order valence-electron chi connectivity index (χ1n) is 5.31. The maximum Gasteiger partial charge on any atom is 0.292 e. The Morgan fingerprint density at radius 1 is 1.16 bits per heavy atom. The molecule has 104 valence electrons. The molecular formula is C12H13Cl2NO4. The average Bonchev–Trinajstić information content (AvgIpc) is 2.28. The third-order valence-electron chi connectivity index (χ3n) is 2.11. The first kappa shape index (κ1) is 15.6. The summed E-state index contributed by atoms with van der Waals surface area (Å²) >= 11 is 11.3. The number of aromatic hydroxyl groups is 2. The van der Waals surface area contributed by atoms with Gasteiger partial charge in [0.15, 0.2) is 11.5 Å². The van der Waals surface area contributed by atoms with Gasteiger partial charge in [-0.05, 0) is 26.8 Å². The van der Waals surface area contributed by atoms with Gasteiger partial charge in [0.05, 0.1) is 15.6 Å². The first-order chi connectivity index (χ1) is 8.54. The minimum absolute atomic E-state index is 0.270. The van der Waals surface area contributed by atoms with Crippen molar-refractivity contribution in [2.24, 2.45) is 0 Å². The van der Waals surface area contributed by atoms with Crippen LogP contribution >= 0.6 is 23.2 Å². The number of nitrogens with one attached hydrogen (secondary N) is 1. The van der Waals surface area contributed by atoms with E-state index in [9.17, 15) is 19.8 Å². The van der Waals surface area contributed by atoms with Crippen LogP contribution in [0.2, 0.25) is 10.0 Å². The summed E-state index contributed by atoms with van der Waals surface area (Å²) in [5, 5.41) is 20.6. The summed E-state index contributed by atoms with van der Waals surface area (Å²) in [5.41, 5.74) is -0.870. The third-order valence-corrected chi connectivity index (χ3v) is 2.78. The van der Waals surface area contributed by atoms with Gasteiger partial charge >= 0.3 is 0 Å². The number of carbonyl (C=O) groups excluding carboxylic acids is 2. The summed E-state index contributed by atoms with van der Waals surface area (Å²) in [5.74, 6) is -3.20. The molecule has 0 atom stereocenters. The van der Waals surface area contributed by atoms with Gasteiger partial charge in [-0.25, -0.2) is 0 Å². The predicted molar refractivity (Wildman–Crippen MR) is 72.0 cm³/mol. The Hall–Kier alpha value is -1.46. The number of benzene rings is 1. The van der Waals surface area contributed by atoms with Crippen LogP contribution in [0, 0.1) is 0 Å². The average molecular weight is 306 g/mol. The molecule has 0 radical (unpaired) electrons. The third kappa shape index (κ3) is 3.52. The minimum atomic E-state index is -0.947. The van der Waals surface area contributed by atoms with E-state index in [1.165, 1.54) is 0 Å². The van der Waals surface area contributed by atoms with Crippen molar-refractivity contribution in [3.8, 4) is 11.5 Å². The standard InChI is InChI=1S/C12H13Cl2NO4/c1-12(2,3)15-11(19)8(16)5-4-6(13)9(17)10(18)7(5)14/h4,17-18H,1-3H3,(H,15,19). The number of phenolic OH excluding ortho intramolecular Hbond substituents is 2. The fourth-order valence-corrected chi connectivity index (χ4v) is 1.72. The summed E-state index contributed by atoms with van der Waals surface area (Å²) in [7, 11) is 0. The number of rotatable bonds is 2. The van der Waals surface area contributed by atoms with Crippen molar-refractivity contribution in [2.75, 3.05) is 0 Å². The van der Waals surface area contributed by atoms with Crippen molar-refractivity contribution in [1.82, 2.24) is 5.32 Å². The molecule has 0 saturated heterocycles. The minimum Gasteiger partial charge on any atom is -0.503 e. The number of amides is 1. The van der Waals surface area contributed by atoms with E-state index in [1.807, 2.05) is 0 Å². The zero-order chi connectivity index (χ0) is 15.0. The molecule has 3 N–H and O–H groups in total. The second-order valence-corrected chi connectivity index (χ2v) is 5.74. The van der Waals surface area contributed by atoms with E-state index in [0.717, 1.165) is 6.07 Å². The van der Waals surface area contributed by atoms with Crippen LogP contribution in [0.15, 0.2) is 6.07 Å². The van der Waals surface area contributed by atoms with E-state index in [4.69, 9.17) is 23.2 Å². The Bertz CT molecular complexity index is 550. The van der Waals surface area contributed by atoms with Gasteiger partial charge < -0.3 is 15.5 Å². The van der Waals surface area contributed by atoms with Crippen LogP contribution in [-0.2, 0) is 4.79 Å². The highest BCUT2D eigenvalue weighted by Crippen LogP contribution is 2.41. The van der Waals surface area contributed by atoms with Gasteiger partial charge in [-0.1, -0.05) is 23.2 Å². The summed E-state index contributed by atoms with van der Waals surface area (Å²) in [6.45, 7) is 5.13. The van der Waals surface area contributed by atoms with E-state index >= 15 is 0 Å². The van der Waals surface area contributed by atoms with Gasteiger partial charge in [0.25, 0.3) is 11.7 Å². The molecule has 0 aliphatic carbocycles. The lowest BCUT2D eigenvalue weighted by Gasteiger charge is -2.20. The lowest BCUT2D eigenvalue weighted by Crippen LogP contribution is -2.44. The van der Waals surface area contributed by atoms with Crippen LogP contribution < -0.4 is 5.32 Å². The van der Waals surface area contributed by atoms with Crippen molar-refractivity contribution < 1.29 is 19.8 Å². The maximum atomic E-state index is 11.9. The molecule has 0 fully saturated rings. The summed E-state index contributed by atoms with van der Waals surface area (Å²) in [6, 6.07) is 1.03. The van der Waals surface area contributed by atoms with E-state index in [0.29, 0.717) is 0 Å². The highest BCUT2D eigenvalue weighted by Gasteiger charge is 2.26. The molecule has 1 aromatic rings. The Kier molecular flexibility index (Phi) is 4.32. The van der Waals surface area contributed by atoms with Crippen molar-refractivity contribution in [2.45, 2.75) is 26.3 Å². The molecular weight excluding hydrogens is 293 g/mol. The normalized spacial score (nSPS) is 11.2. The first-order valence-corrected chi connectivity index (χ1v) is 6.07. The zero-order valence-electron chi connectivity index (χ0n) is 10.5. The largest absolute Gasteiger partial charge is 0.503 e. The number of phenols is 2. The van der Waals surface area contributed by atoms with Crippen LogP contribution in [-0.4, -0.2) is 27.4 Å². The van der Waals surface area contributed by atoms with E-state index in [1.54, 1.807) is 20.8 Å². The Balaban J connectivity index is 3.18. The predicted octanol–water partition coefficient (Wildman–Crippen LogP) is 2.50. The fourth-order valence-electron chi connectivity index (χ4n) is 1.29. The highest BCUT2D eigenvalue weighted by molar-refractivity contribution is 6.48. The lowest BCUT2D eigenvalue weighted by molar-refractivity contribution is -0.118. The molecule has 19 heavy (non-hydrogen) atoms. The maximum absolute atomic E-state index is 11.9. The molecule has 0 unspecified atom stereocenters. The molecule has 0 heterocycles. The van der Waals surface area contributed by atoms with Crippen molar-refractivity contribution >= 4 is 34.9 Å². The smallest absolute Gasteiger partial charge is 0.292 e. The van der Waals surface area contributed by atoms with Crippen LogP contribution in [0.25, 0.3) is 0 Å². The molecule has 0 saturated carbocycles. The van der Waals surface area contributed by atoms with Crippen LogP contribution in [0.1, 0.15) is 31.1 Å². The molecule has 0 aliphatic rings. The number of hydrogen-bond acceptors (Lipinski definition) is 4. The van der Waals surface area contributed by atoms with Crippen molar-refractivity contribution in [3.63, 3.8) is 0 Å². The second-order valence-electron chi connectivity index (χ2n) is 4.95. The SMILES string of the molecule is CC(C)(C)NC(=O)C(=O)c1cc(Cl)c(O)c(O)c1Cl. The molecule has 0 aliphatic heterocycles. The molecule has 0 spiro atoms. The molecule has 7 heteroatoms. The lowest BCUT2D eigenvalue weighted by atomic mass is 10.1. The van der Waals surface area contributed by atoms with Gasteiger partial charge in [-0.15, -0.1) is 0 Å². The van der Waals surface area contributed by atoms with E-state index < -0.39 is 33.8 Å². The molecule has 0 aromatic heterocycles. The van der Waals surface area contributed by atoms with Crippen LogP contribution in [0.3, 0.4) is 0 Å². The molecule has 0 bridgehead atoms. The van der Waals surface area contributed by atoms with E-state index in [2.05, 4.69) is 5.32 Å². The number of halogens is 2. The number of carbonyl (C=O) groups is 2. The quantitative estimate of drug-likeness (QED) is 0.445. The summed E-state index contributed by atoms with van der Waals surface area (Å²) < 4.78 is 0. The van der Waals surface area contributed by atoms with Gasteiger partial charge in [0.2, 0.25) is 0 Å². The van der Waals surface area contributed by atoms with Gasteiger partial charge in [0, 0.05) is 5.54 Å². The molecule has 1 rings (SSSR count). The summed E-state index contributed by atoms with van der Waals surface area (Å²) in [6.07, 6.45) is 0.